The number of aromatic carboxylic acids is 1. The lowest BCUT2D eigenvalue weighted by molar-refractivity contribution is 0.0696. The van der Waals surface area contributed by atoms with Crippen molar-refractivity contribution in [2.45, 2.75) is 30.2 Å². The third-order valence-electron chi connectivity index (χ3n) is 3.67. The lowest BCUT2D eigenvalue weighted by atomic mass is 10.1. The molecule has 1 aliphatic carbocycles. The van der Waals surface area contributed by atoms with Gasteiger partial charge in [0.15, 0.2) is 0 Å². The van der Waals surface area contributed by atoms with Crippen molar-refractivity contribution < 1.29 is 23.4 Å². The summed E-state index contributed by atoms with van der Waals surface area (Å²) in [6.45, 7) is -0.0493. The number of carboxylic acids is 1. The molecule has 21 heavy (non-hydrogen) atoms. The van der Waals surface area contributed by atoms with Gasteiger partial charge in [-0.05, 0) is 52.9 Å². The topological polar surface area (TPSA) is 104 Å². The fourth-order valence-corrected chi connectivity index (χ4v) is 4.94. The van der Waals surface area contributed by atoms with Gasteiger partial charge in [0, 0.05) is 17.1 Å². The van der Waals surface area contributed by atoms with E-state index in [4.69, 9.17) is 5.11 Å². The SMILES string of the molecule is O=C(O)c1ccc(S(=O)(=O)NC2CCCC2CO)c(Br)c1. The van der Waals surface area contributed by atoms with Gasteiger partial charge in [-0.25, -0.2) is 17.9 Å². The van der Waals surface area contributed by atoms with E-state index < -0.39 is 16.0 Å². The quantitative estimate of drug-likeness (QED) is 0.722. The Kier molecular flexibility index (Phi) is 5.03. The first-order chi connectivity index (χ1) is 9.85. The van der Waals surface area contributed by atoms with Gasteiger partial charge in [0.1, 0.15) is 0 Å². The van der Waals surface area contributed by atoms with Crippen LogP contribution in [0.3, 0.4) is 0 Å². The zero-order valence-electron chi connectivity index (χ0n) is 11.1. The Morgan fingerprint density at radius 3 is 2.67 bits per heavy atom. The molecule has 0 aromatic heterocycles. The van der Waals surface area contributed by atoms with E-state index in [-0.39, 0.29) is 33.5 Å². The lowest BCUT2D eigenvalue weighted by Crippen LogP contribution is -2.38. The Hall–Kier alpha value is -0.960. The first-order valence-electron chi connectivity index (χ1n) is 6.51. The minimum Gasteiger partial charge on any atom is -0.478 e. The van der Waals surface area contributed by atoms with Crippen molar-refractivity contribution >= 4 is 31.9 Å². The van der Waals surface area contributed by atoms with E-state index in [1.165, 1.54) is 18.2 Å². The molecule has 1 aromatic rings. The first-order valence-corrected chi connectivity index (χ1v) is 8.79. The van der Waals surface area contributed by atoms with Crippen LogP contribution in [-0.4, -0.2) is 37.2 Å². The second-order valence-corrected chi connectivity index (χ2v) is 7.59. The Morgan fingerprint density at radius 1 is 1.38 bits per heavy atom. The monoisotopic (exact) mass is 377 g/mol. The highest BCUT2D eigenvalue weighted by molar-refractivity contribution is 9.10. The lowest BCUT2D eigenvalue weighted by Gasteiger charge is -2.19. The summed E-state index contributed by atoms with van der Waals surface area (Å²) >= 11 is 3.10. The molecule has 2 unspecified atom stereocenters. The summed E-state index contributed by atoms with van der Waals surface area (Å²) in [5, 5.41) is 18.1. The number of nitrogens with one attached hydrogen (secondary N) is 1. The van der Waals surface area contributed by atoms with Gasteiger partial charge < -0.3 is 10.2 Å². The van der Waals surface area contributed by atoms with E-state index in [1.807, 2.05) is 0 Å². The van der Waals surface area contributed by atoms with Gasteiger partial charge in [0.2, 0.25) is 10.0 Å². The molecular formula is C13H16BrNO5S. The van der Waals surface area contributed by atoms with Gasteiger partial charge in [-0.3, -0.25) is 0 Å². The van der Waals surface area contributed by atoms with Crippen molar-refractivity contribution in [3.63, 3.8) is 0 Å². The van der Waals surface area contributed by atoms with Gasteiger partial charge in [-0.1, -0.05) is 6.42 Å². The Labute approximate surface area is 131 Å². The summed E-state index contributed by atoms with van der Waals surface area (Å²) in [5.74, 6) is -1.19. The standard InChI is InChI=1S/C13H16BrNO5S/c14-10-6-8(13(17)18)4-5-12(10)21(19,20)15-11-3-1-2-9(11)7-16/h4-6,9,11,15-16H,1-3,7H2,(H,17,18). The molecule has 0 aliphatic heterocycles. The average molecular weight is 378 g/mol. The maximum absolute atomic E-state index is 12.4. The molecule has 2 atom stereocenters. The number of aliphatic hydroxyl groups is 1. The molecule has 1 aliphatic rings. The van der Waals surface area contributed by atoms with Crippen molar-refractivity contribution in [2.75, 3.05) is 6.61 Å². The van der Waals surface area contributed by atoms with Crippen molar-refractivity contribution in [3.05, 3.63) is 28.2 Å². The zero-order chi connectivity index (χ0) is 15.6. The summed E-state index contributed by atoms with van der Waals surface area (Å²) in [4.78, 5) is 10.9. The summed E-state index contributed by atoms with van der Waals surface area (Å²) in [5.41, 5.74) is 0.00919. The van der Waals surface area contributed by atoms with E-state index in [1.54, 1.807) is 0 Å². The van der Waals surface area contributed by atoms with E-state index in [9.17, 15) is 18.3 Å². The van der Waals surface area contributed by atoms with Crippen LogP contribution in [0.5, 0.6) is 0 Å². The molecule has 3 N–H and O–H groups in total. The van der Waals surface area contributed by atoms with E-state index in [2.05, 4.69) is 20.7 Å². The summed E-state index contributed by atoms with van der Waals surface area (Å²) < 4.78 is 27.6. The zero-order valence-corrected chi connectivity index (χ0v) is 13.5. The molecule has 0 bridgehead atoms. The van der Waals surface area contributed by atoms with Crippen LogP contribution in [-0.2, 0) is 10.0 Å². The number of halogens is 1. The molecule has 1 aromatic carbocycles. The third-order valence-corrected chi connectivity index (χ3v) is 6.14. The van der Waals surface area contributed by atoms with Crippen LogP contribution in [0, 0.1) is 5.92 Å². The number of carbonyl (C=O) groups is 1. The van der Waals surface area contributed by atoms with Crippen LogP contribution in [0.2, 0.25) is 0 Å². The fraction of sp³-hybridized carbons (Fsp3) is 0.462. The number of aliphatic hydroxyl groups excluding tert-OH is 1. The van der Waals surface area contributed by atoms with Gasteiger partial charge >= 0.3 is 5.97 Å². The Morgan fingerprint density at radius 2 is 2.10 bits per heavy atom. The summed E-state index contributed by atoms with van der Waals surface area (Å²) in [6.07, 6.45) is 2.36. The molecule has 0 amide bonds. The van der Waals surface area contributed by atoms with Crippen LogP contribution < -0.4 is 4.72 Å². The summed E-state index contributed by atoms with van der Waals surface area (Å²) in [7, 11) is -3.76. The predicted octanol–water partition coefficient (Wildman–Crippen LogP) is 1.59. The average Bonchev–Trinajstić information content (AvgIpc) is 2.84. The highest BCUT2D eigenvalue weighted by atomic mass is 79.9. The van der Waals surface area contributed by atoms with Gasteiger partial charge in [0.25, 0.3) is 0 Å². The van der Waals surface area contributed by atoms with E-state index in [0.717, 1.165) is 12.8 Å². The van der Waals surface area contributed by atoms with E-state index in [0.29, 0.717) is 6.42 Å². The third kappa shape index (κ3) is 3.63. The molecule has 0 radical (unpaired) electrons. The first kappa shape index (κ1) is 16.4. The Balaban J connectivity index is 2.25. The molecule has 1 saturated carbocycles. The maximum Gasteiger partial charge on any atom is 0.335 e. The number of sulfonamides is 1. The molecule has 1 fully saturated rings. The normalized spacial score (nSPS) is 22.4. The van der Waals surface area contributed by atoms with Crippen LogP contribution >= 0.6 is 15.9 Å². The second kappa shape index (κ2) is 6.43. The molecule has 0 spiro atoms. The van der Waals surface area contributed by atoms with E-state index >= 15 is 0 Å². The Bertz CT molecular complexity index is 646. The molecule has 8 heteroatoms. The van der Waals surface area contributed by atoms with Crippen molar-refractivity contribution in [1.29, 1.82) is 0 Å². The fourth-order valence-electron chi connectivity index (χ4n) is 2.53. The van der Waals surface area contributed by atoms with Gasteiger partial charge in [-0.15, -0.1) is 0 Å². The number of rotatable bonds is 5. The second-order valence-electron chi connectivity index (χ2n) is 5.05. The largest absolute Gasteiger partial charge is 0.478 e. The highest BCUT2D eigenvalue weighted by Gasteiger charge is 2.31. The minimum absolute atomic E-state index is 0.00362. The van der Waals surface area contributed by atoms with Crippen molar-refractivity contribution in [2.24, 2.45) is 5.92 Å². The number of hydrogen-bond donors (Lipinski definition) is 3. The number of carboxylic acid groups (broad SMARTS) is 1. The van der Waals surface area contributed by atoms with Crippen LogP contribution in [0.1, 0.15) is 29.6 Å². The molecule has 6 nitrogen and oxygen atoms in total. The molecular weight excluding hydrogens is 362 g/mol. The van der Waals surface area contributed by atoms with Crippen molar-refractivity contribution in [3.8, 4) is 0 Å². The smallest absolute Gasteiger partial charge is 0.335 e. The predicted molar refractivity (Wildman–Crippen MR) is 79.6 cm³/mol. The van der Waals surface area contributed by atoms with Gasteiger partial charge in [0.05, 0.1) is 10.5 Å². The van der Waals surface area contributed by atoms with Crippen molar-refractivity contribution in [1.82, 2.24) is 4.72 Å². The minimum atomic E-state index is -3.76. The molecule has 0 saturated heterocycles. The number of hydrogen-bond acceptors (Lipinski definition) is 4. The van der Waals surface area contributed by atoms with Crippen LogP contribution in [0.4, 0.5) is 0 Å². The highest BCUT2D eigenvalue weighted by Crippen LogP contribution is 2.28. The molecule has 116 valence electrons. The van der Waals surface area contributed by atoms with Gasteiger partial charge in [-0.2, -0.15) is 0 Å². The number of benzene rings is 1. The van der Waals surface area contributed by atoms with Crippen LogP contribution in [0.15, 0.2) is 27.6 Å². The molecule has 2 rings (SSSR count). The summed E-state index contributed by atoms with van der Waals surface area (Å²) in [6, 6.07) is 3.49. The van der Waals surface area contributed by atoms with Crippen LogP contribution in [0.25, 0.3) is 0 Å². The molecule has 0 heterocycles. The maximum atomic E-state index is 12.4.